The Morgan fingerprint density at radius 3 is 2.78 bits per heavy atom. The maximum absolute atomic E-state index is 12.0. The molecular weight excluding hydrogens is 243 g/mol. The zero-order chi connectivity index (χ0) is 13.2. The summed E-state index contributed by atoms with van der Waals surface area (Å²) in [6.07, 6.45) is -2.51. The Bertz CT molecular complexity index is 519. The summed E-state index contributed by atoms with van der Waals surface area (Å²) in [7, 11) is 0. The van der Waals surface area contributed by atoms with E-state index in [4.69, 9.17) is 0 Å². The topological polar surface area (TPSA) is 29.9 Å². The Balaban J connectivity index is 2.03. The van der Waals surface area contributed by atoms with E-state index in [-0.39, 0.29) is 12.6 Å². The van der Waals surface area contributed by atoms with Gasteiger partial charge in [-0.05, 0) is 19.1 Å². The predicted octanol–water partition coefficient (Wildman–Crippen LogP) is 2.75. The molecule has 0 bridgehead atoms. The number of nitrogens with zero attached hydrogens (tertiary/aromatic N) is 2. The number of hydrogen-bond acceptors (Lipinski definition) is 2. The molecule has 0 fully saturated rings. The first-order chi connectivity index (χ1) is 8.47. The van der Waals surface area contributed by atoms with Gasteiger partial charge in [0.05, 0.1) is 23.9 Å². The van der Waals surface area contributed by atoms with Gasteiger partial charge in [0.15, 0.2) is 0 Å². The number of fused-ring (bicyclic) bond motifs is 1. The van der Waals surface area contributed by atoms with Crippen molar-refractivity contribution in [2.45, 2.75) is 19.1 Å². The standard InChI is InChI=1S/C12H14F3N3/c1-9(6-16-7-12(13,14)15)18-8-17-10-4-2-3-5-11(10)18/h2-5,8-9,16H,6-7H2,1H3. The van der Waals surface area contributed by atoms with Crippen LogP contribution in [0.25, 0.3) is 11.0 Å². The van der Waals surface area contributed by atoms with Crippen molar-refractivity contribution in [2.24, 2.45) is 0 Å². The lowest BCUT2D eigenvalue weighted by molar-refractivity contribution is -0.124. The summed E-state index contributed by atoms with van der Waals surface area (Å²) in [5, 5.41) is 2.40. The summed E-state index contributed by atoms with van der Waals surface area (Å²) >= 11 is 0. The van der Waals surface area contributed by atoms with Crippen LogP contribution in [0.3, 0.4) is 0 Å². The first-order valence-electron chi connectivity index (χ1n) is 5.66. The first kappa shape index (κ1) is 12.9. The Hall–Kier alpha value is -1.56. The molecule has 1 heterocycles. The van der Waals surface area contributed by atoms with Crippen molar-refractivity contribution in [1.29, 1.82) is 0 Å². The fourth-order valence-corrected chi connectivity index (χ4v) is 1.85. The molecule has 98 valence electrons. The van der Waals surface area contributed by atoms with E-state index in [0.29, 0.717) is 0 Å². The highest BCUT2D eigenvalue weighted by Gasteiger charge is 2.26. The molecule has 0 saturated carbocycles. The molecule has 2 rings (SSSR count). The molecule has 0 amide bonds. The van der Waals surface area contributed by atoms with E-state index in [1.807, 2.05) is 35.8 Å². The van der Waals surface area contributed by atoms with Crippen molar-refractivity contribution in [1.82, 2.24) is 14.9 Å². The Labute approximate surface area is 103 Å². The van der Waals surface area contributed by atoms with Crippen molar-refractivity contribution < 1.29 is 13.2 Å². The van der Waals surface area contributed by atoms with Crippen LogP contribution in [0.4, 0.5) is 13.2 Å². The minimum atomic E-state index is -4.17. The van der Waals surface area contributed by atoms with Gasteiger partial charge in [-0.2, -0.15) is 13.2 Å². The van der Waals surface area contributed by atoms with Crippen molar-refractivity contribution in [3.63, 3.8) is 0 Å². The molecule has 0 spiro atoms. The van der Waals surface area contributed by atoms with E-state index in [1.54, 1.807) is 6.33 Å². The van der Waals surface area contributed by atoms with Gasteiger partial charge in [0.25, 0.3) is 0 Å². The third-order valence-corrected chi connectivity index (χ3v) is 2.72. The van der Waals surface area contributed by atoms with Gasteiger partial charge in [0.1, 0.15) is 0 Å². The number of alkyl halides is 3. The monoisotopic (exact) mass is 257 g/mol. The number of para-hydroxylation sites is 2. The van der Waals surface area contributed by atoms with Crippen LogP contribution in [0.2, 0.25) is 0 Å². The van der Waals surface area contributed by atoms with Crippen LogP contribution in [-0.4, -0.2) is 28.8 Å². The van der Waals surface area contributed by atoms with Gasteiger partial charge in [0, 0.05) is 12.6 Å². The van der Waals surface area contributed by atoms with E-state index in [2.05, 4.69) is 10.3 Å². The molecule has 0 radical (unpaired) electrons. The fraction of sp³-hybridized carbons (Fsp3) is 0.417. The number of imidazole rings is 1. The molecule has 0 aliphatic rings. The van der Waals surface area contributed by atoms with Gasteiger partial charge in [-0.25, -0.2) is 4.98 Å². The SMILES string of the molecule is CC(CNCC(F)(F)F)n1cnc2ccccc21. The quantitative estimate of drug-likeness (QED) is 0.912. The average Bonchev–Trinajstić information content (AvgIpc) is 2.70. The van der Waals surface area contributed by atoms with E-state index in [9.17, 15) is 13.2 Å². The van der Waals surface area contributed by atoms with Crippen LogP contribution in [-0.2, 0) is 0 Å². The minimum Gasteiger partial charge on any atom is -0.326 e. The lowest BCUT2D eigenvalue weighted by Crippen LogP contribution is -2.32. The molecule has 0 aliphatic heterocycles. The van der Waals surface area contributed by atoms with Crippen LogP contribution in [0.5, 0.6) is 0 Å². The number of benzene rings is 1. The Morgan fingerprint density at radius 2 is 2.06 bits per heavy atom. The third-order valence-electron chi connectivity index (χ3n) is 2.72. The van der Waals surface area contributed by atoms with Gasteiger partial charge in [-0.3, -0.25) is 0 Å². The van der Waals surface area contributed by atoms with Gasteiger partial charge < -0.3 is 9.88 Å². The fourth-order valence-electron chi connectivity index (χ4n) is 1.85. The molecule has 18 heavy (non-hydrogen) atoms. The summed E-state index contributed by atoms with van der Waals surface area (Å²) in [6.45, 7) is 1.14. The lowest BCUT2D eigenvalue weighted by Gasteiger charge is -2.16. The highest BCUT2D eigenvalue weighted by atomic mass is 19.4. The zero-order valence-corrected chi connectivity index (χ0v) is 9.91. The molecule has 0 saturated heterocycles. The molecule has 6 heteroatoms. The van der Waals surface area contributed by atoms with E-state index < -0.39 is 12.7 Å². The molecule has 1 N–H and O–H groups in total. The van der Waals surface area contributed by atoms with Crippen LogP contribution in [0.15, 0.2) is 30.6 Å². The second-order valence-electron chi connectivity index (χ2n) is 4.24. The number of halogens is 3. The number of rotatable bonds is 4. The van der Waals surface area contributed by atoms with E-state index >= 15 is 0 Å². The maximum atomic E-state index is 12.0. The van der Waals surface area contributed by atoms with Crippen molar-refractivity contribution in [2.75, 3.05) is 13.1 Å². The van der Waals surface area contributed by atoms with Crippen molar-refractivity contribution >= 4 is 11.0 Å². The largest absolute Gasteiger partial charge is 0.401 e. The maximum Gasteiger partial charge on any atom is 0.401 e. The first-order valence-corrected chi connectivity index (χ1v) is 5.66. The van der Waals surface area contributed by atoms with Gasteiger partial charge in [0.2, 0.25) is 0 Å². The molecule has 1 aromatic carbocycles. The lowest BCUT2D eigenvalue weighted by atomic mass is 10.2. The molecule has 0 aliphatic carbocycles. The molecule has 1 aromatic heterocycles. The summed E-state index contributed by atoms with van der Waals surface area (Å²) < 4.78 is 37.9. The number of nitrogens with one attached hydrogen (secondary N) is 1. The molecule has 1 atom stereocenters. The van der Waals surface area contributed by atoms with E-state index in [1.165, 1.54) is 0 Å². The summed E-state index contributed by atoms with van der Waals surface area (Å²) in [5.74, 6) is 0. The Kier molecular flexibility index (Phi) is 3.56. The molecule has 3 nitrogen and oxygen atoms in total. The summed E-state index contributed by atoms with van der Waals surface area (Å²) in [6, 6.07) is 7.46. The minimum absolute atomic E-state index is 0.0836. The van der Waals surface area contributed by atoms with Crippen LogP contribution >= 0.6 is 0 Å². The van der Waals surface area contributed by atoms with Crippen LogP contribution in [0, 0.1) is 0 Å². The van der Waals surface area contributed by atoms with E-state index in [0.717, 1.165) is 11.0 Å². The number of hydrogen-bond donors (Lipinski definition) is 1. The van der Waals surface area contributed by atoms with Crippen molar-refractivity contribution in [3.8, 4) is 0 Å². The highest BCUT2D eigenvalue weighted by molar-refractivity contribution is 5.75. The second kappa shape index (κ2) is 4.97. The third kappa shape index (κ3) is 3.01. The highest BCUT2D eigenvalue weighted by Crippen LogP contribution is 2.17. The molecular formula is C12H14F3N3. The Morgan fingerprint density at radius 1 is 1.33 bits per heavy atom. The number of aromatic nitrogens is 2. The summed E-state index contributed by atoms with van der Waals surface area (Å²) in [5.41, 5.74) is 1.78. The van der Waals surface area contributed by atoms with Gasteiger partial charge in [-0.15, -0.1) is 0 Å². The van der Waals surface area contributed by atoms with Gasteiger partial charge in [-0.1, -0.05) is 12.1 Å². The smallest absolute Gasteiger partial charge is 0.326 e. The van der Waals surface area contributed by atoms with Crippen LogP contribution in [0.1, 0.15) is 13.0 Å². The van der Waals surface area contributed by atoms with Crippen molar-refractivity contribution in [3.05, 3.63) is 30.6 Å². The second-order valence-corrected chi connectivity index (χ2v) is 4.24. The van der Waals surface area contributed by atoms with Gasteiger partial charge >= 0.3 is 6.18 Å². The average molecular weight is 257 g/mol. The predicted molar refractivity (Wildman–Crippen MR) is 63.4 cm³/mol. The zero-order valence-electron chi connectivity index (χ0n) is 9.91. The van der Waals surface area contributed by atoms with Crippen LogP contribution < -0.4 is 5.32 Å². The normalized spacial score (nSPS) is 14.0. The molecule has 2 aromatic rings. The molecule has 1 unspecified atom stereocenters. The summed E-state index contributed by atoms with van der Waals surface area (Å²) in [4.78, 5) is 4.21.